The van der Waals surface area contributed by atoms with Gasteiger partial charge in [-0.15, -0.1) is 0 Å². The Labute approximate surface area is 120 Å². The van der Waals surface area contributed by atoms with Crippen LogP contribution in [0.1, 0.15) is 71.1 Å². The van der Waals surface area contributed by atoms with Crippen molar-refractivity contribution in [3.8, 4) is 0 Å². The standard InChI is InChI=1S/C15H29F3N2/c1-2-3-4-5-6-7-14(20-19)12-8-10-13(11-9-12)15(16,17)18/h12-14,20H,2-11,19H2,1H3. The van der Waals surface area contributed by atoms with Crippen LogP contribution in [0.4, 0.5) is 13.2 Å². The van der Waals surface area contributed by atoms with E-state index >= 15 is 0 Å². The summed E-state index contributed by atoms with van der Waals surface area (Å²) in [5, 5.41) is 0. The van der Waals surface area contributed by atoms with Crippen molar-refractivity contribution in [1.82, 2.24) is 5.43 Å². The highest BCUT2D eigenvalue weighted by atomic mass is 19.4. The maximum absolute atomic E-state index is 12.6. The number of nitrogens with two attached hydrogens (primary N) is 1. The first-order valence-electron chi connectivity index (χ1n) is 8.01. The second-order valence-corrected chi connectivity index (χ2v) is 6.13. The van der Waals surface area contributed by atoms with Gasteiger partial charge in [0.1, 0.15) is 0 Å². The van der Waals surface area contributed by atoms with E-state index in [1.54, 1.807) is 0 Å². The molecule has 0 spiro atoms. The lowest BCUT2D eigenvalue weighted by atomic mass is 9.77. The minimum Gasteiger partial charge on any atom is -0.271 e. The quantitative estimate of drug-likeness (QED) is 0.391. The Kier molecular flexibility index (Phi) is 7.88. The Morgan fingerprint density at radius 3 is 2.15 bits per heavy atom. The average Bonchev–Trinajstić information content (AvgIpc) is 2.42. The summed E-state index contributed by atoms with van der Waals surface area (Å²) in [5.41, 5.74) is 2.83. The fourth-order valence-electron chi connectivity index (χ4n) is 3.27. The molecule has 0 saturated heterocycles. The van der Waals surface area contributed by atoms with Gasteiger partial charge < -0.3 is 0 Å². The fourth-order valence-corrected chi connectivity index (χ4v) is 3.27. The van der Waals surface area contributed by atoms with Gasteiger partial charge in [-0.25, -0.2) is 0 Å². The lowest BCUT2D eigenvalue weighted by Crippen LogP contribution is -2.43. The number of hydrogen-bond donors (Lipinski definition) is 2. The number of unbranched alkanes of at least 4 members (excludes halogenated alkanes) is 4. The van der Waals surface area contributed by atoms with Crippen molar-refractivity contribution in [2.24, 2.45) is 17.7 Å². The first-order chi connectivity index (χ1) is 9.49. The highest BCUT2D eigenvalue weighted by Gasteiger charge is 2.42. The van der Waals surface area contributed by atoms with Crippen LogP contribution < -0.4 is 11.3 Å². The summed E-state index contributed by atoms with van der Waals surface area (Å²) in [6, 6.07) is 0.186. The third-order valence-corrected chi connectivity index (χ3v) is 4.64. The monoisotopic (exact) mass is 294 g/mol. The van der Waals surface area contributed by atoms with Gasteiger partial charge in [0.2, 0.25) is 0 Å². The lowest BCUT2D eigenvalue weighted by Gasteiger charge is -2.34. The Morgan fingerprint density at radius 1 is 1.05 bits per heavy atom. The van der Waals surface area contributed by atoms with E-state index in [1.807, 2.05) is 0 Å². The fraction of sp³-hybridized carbons (Fsp3) is 1.00. The van der Waals surface area contributed by atoms with Gasteiger partial charge in [0, 0.05) is 6.04 Å². The largest absolute Gasteiger partial charge is 0.391 e. The molecule has 1 saturated carbocycles. The number of nitrogens with one attached hydrogen (secondary N) is 1. The second-order valence-electron chi connectivity index (χ2n) is 6.13. The summed E-state index contributed by atoms with van der Waals surface area (Å²) < 4.78 is 37.9. The molecule has 3 N–H and O–H groups in total. The van der Waals surface area contributed by atoms with Gasteiger partial charge in [0.15, 0.2) is 0 Å². The summed E-state index contributed by atoms with van der Waals surface area (Å²) >= 11 is 0. The Balaban J connectivity index is 2.26. The van der Waals surface area contributed by atoms with E-state index in [2.05, 4.69) is 12.3 Å². The van der Waals surface area contributed by atoms with Crippen LogP contribution in [0.3, 0.4) is 0 Å². The van der Waals surface area contributed by atoms with Crippen LogP contribution >= 0.6 is 0 Å². The number of alkyl halides is 3. The second kappa shape index (κ2) is 8.88. The Morgan fingerprint density at radius 2 is 1.65 bits per heavy atom. The molecule has 1 atom stereocenters. The molecule has 0 aliphatic heterocycles. The van der Waals surface area contributed by atoms with Gasteiger partial charge in [-0.1, -0.05) is 39.0 Å². The van der Waals surface area contributed by atoms with Crippen LogP contribution in [-0.4, -0.2) is 12.2 Å². The topological polar surface area (TPSA) is 38.0 Å². The maximum atomic E-state index is 12.6. The molecule has 0 bridgehead atoms. The molecule has 0 heterocycles. The van der Waals surface area contributed by atoms with Crippen LogP contribution in [0.25, 0.3) is 0 Å². The van der Waals surface area contributed by atoms with Crippen LogP contribution in [-0.2, 0) is 0 Å². The van der Waals surface area contributed by atoms with E-state index in [-0.39, 0.29) is 18.9 Å². The molecule has 2 nitrogen and oxygen atoms in total. The zero-order valence-corrected chi connectivity index (χ0v) is 12.5. The Hall–Kier alpha value is -0.290. The molecule has 20 heavy (non-hydrogen) atoms. The molecule has 0 radical (unpaired) electrons. The molecule has 1 unspecified atom stereocenters. The van der Waals surface area contributed by atoms with Gasteiger partial charge in [-0.2, -0.15) is 13.2 Å². The van der Waals surface area contributed by atoms with Crippen molar-refractivity contribution in [3.05, 3.63) is 0 Å². The molecule has 0 amide bonds. The van der Waals surface area contributed by atoms with Crippen LogP contribution in [0.15, 0.2) is 0 Å². The summed E-state index contributed by atoms with van der Waals surface area (Å²) in [4.78, 5) is 0. The van der Waals surface area contributed by atoms with Crippen molar-refractivity contribution in [2.45, 2.75) is 83.4 Å². The zero-order chi connectivity index (χ0) is 15.0. The summed E-state index contributed by atoms with van der Waals surface area (Å²) in [5.74, 6) is 4.81. The van der Waals surface area contributed by atoms with Crippen molar-refractivity contribution in [3.63, 3.8) is 0 Å². The summed E-state index contributed by atoms with van der Waals surface area (Å²) in [6.45, 7) is 2.18. The number of hydrazine groups is 1. The first-order valence-corrected chi connectivity index (χ1v) is 8.01. The van der Waals surface area contributed by atoms with Crippen LogP contribution in [0, 0.1) is 11.8 Å². The predicted molar refractivity (Wildman–Crippen MR) is 76.0 cm³/mol. The average molecular weight is 294 g/mol. The minimum absolute atomic E-state index is 0.186. The summed E-state index contributed by atoms with van der Waals surface area (Å²) in [6.07, 6.45) is 4.84. The molecule has 0 aromatic heterocycles. The molecule has 1 aliphatic carbocycles. The third kappa shape index (κ3) is 6.00. The number of rotatable bonds is 8. The van der Waals surface area contributed by atoms with Gasteiger partial charge in [-0.05, 0) is 38.0 Å². The van der Waals surface area contributed by atoms with Crippen LogP contribution in [0.2, 0.25) is 0 Å². The molecule has 1 fully saturated rings. The zero-order valence-electron chi connectivity index (χ0n) is 12.5. The number of hydrogen-bond acceptors (Lipinski definition) is 2. The smallest absolute Gasteiger partial charge is 0.271 e. The summed E-state index contributed by atoms with van der Waals surface area (Å²) in [7, 11) is 0. The van der Waals surface area contributed by atoms with E-state index in [1.165, 1.54) is 25.7 Å². The van der Waals surface area contributed by atoms with Crippen molar-refractivity contribution in [2.75, 3.05) is 0 Å². The minimum atomic E-state index is -4.02. The molecule has 120 valence electrons. The van der Waals surface area contributed by atoms with Gasteiger partial charge in [0.05, 0.1) is 5.92 Å². The van der Waals surface area contributed by atoms with Gasteiger partial charge >= 0.3 is 6.18 Å². The first kappa shape index (κ1) is 17.8. The SMILES string of the molecule is CCCCCCCC(NN)C1CCC(C(F)(F)F)CC1. The maximum Gasteiger partial charge on any atom is 0.391 e. The molecule has 1 rings (SSSR count). The molecule has 5 heteroatoms. The third-order valence-electron chi connectivity index (χ3n) is 4.64. The van der Waals surface area contributed by atoms with E-state index in [4.69, 9.17) is 5.84 Å². The van der Waals surface area contributed by atoms with E-state index in [0.29, 0.717) is 18.8 Å². The van der Waals surface area contributed by atoms with E-state index in [0.717, 1.165) is 12.8 Å². The van der Waals surface area contributed by atoms with E-state index in [9.17, 15) is 13.2 Å². The van der Waals surface area contributed by atoms with Crippen molar-refractivity contribution >= 4 is 0 Å². The highest BCUT2D eigenvalue weighted by Crippen LogP contribution is 2.40. The van der Waals surface area contributed by atoms with Crippen molar-refractivity contribution in [1.29, 1.82) is 0 Å². The van der Waals surface area contributed by atoms with Crippen LogP contribution in [0.5, 0.6) is 0 Å². The van der Waals surface area contributed by atoms with Crippen molar-refractivity contribution < 1.29 is 13.2 Å². The molecule has 0 aromatic carbocycles. The normalized spacial score (nSPS) is 25.6. The van der Waals surface area contributed by atoms with E-state index < -0.39 is 12.1 Å². The predicted octanol–water partition coefficient (Wildman–Crippen LogP) is 4.55. The molecule has 1 aliphatic rings. The number of halogens is 3. The van der Waals surface area contributed by atoms with Gasteiger partial charge in [0.25, 0.3) is 0 Å². The Bertz CT molecular complexity index is 248. The molecule has 0 aromatic rings. The highest BCUT2D eigenvalue weighted by molar-refractivity contribution is 4.83. The lowest BCUT2D eigenvalue weighted by molar-refractivity contribution is -0.184. The molecular formula is C15H29F3N2. The van der Waals surface area contributed by atoms with Gasteiger partial charge in [-0.3, -0.25) is 11.3 Å². The molecular weight excluding hydrogens is 265 g/mol.